The van der Waals surface area contributed by atoms with Gasteiger partial charge in [-0.2, -0.15) is 0 Å². The van der Waals surface area contributed by atoms with Gasteiger partial charge in [-0.1, -0.05) is 37.3 Å². The van der Waals surface area contributed by atoms with Gasteiger partial charge in [-0.05, 0) is 18.9 Å². The maximum atomic E-state index is 12.9. The van der Waals surface area contributed by atoms with E-state index in [4.69, 9.17) is 4.74 Å². The van der Waals surface area contributed by atoms with Crippen LogP contribution < -0.4 is 5.32 Å². The fourth-order valence-electron chi connectivity index (χ4n) is 3.19. The molecule has 22 heavy (non-hydrogen) atoms. The second-order valence-corrected chi connectivity index (χ2v) is 5.73. The number of carbonyl (C=O) groups is 3. The van der Waals surface area contributed by atoms with Gasteiger partial charge in [-0.3, -0.25) is 4.79 Å². The van der Waals surface area contributed by atoms with E-state index in [1.54, 1.807) is 19.1 Å². The monoisotopic (exact) mass is 302 g/mol. The molecule has 2 heterocycles. The van der Waals surface area contributed by atoms with Crippen molar-refractivity contribution in [2.24, 2.45) is 0 Å². The molecule has 6 heteroatoms. The van der Waals surface area contributed by atoms with Crippen LogP contribution in [0.2, 0.25) is 0 Å². The van der Waals surface area contributed by atoms with Gasteiger partial charge in [-0.25, -0.2) is 14.5 Å². The first-order valence-corrected chi connectivity index (χ1v) is 7.41. The van der Waals surface area contributed by atoms with Crippen LogP contribution in [0.3, 0.4) is 0 Å². The minimum Gasteiger partial charge on any atom is -0.461 e. The average molecular weight is 302 g/mol. The molecular weight excluding hydrogens is 284 g/mol. The molecule has 1 N–H and O–H groups in total. The van der Waals surface area contributed by atoms with E-state index in [-0.39, 0.29) is 12.0 Å². The van der Waals surface area contributed by atoms with Crippen molar-refractivity contribution in [1.82, 2.24) is 10.2 Å². The molecule has 2 saturated heterocycles. The van der Waals surface area contributed by atoms with Gasteiger partial charge in [-0.15, -0.1) is 0 Å². The molecule has 0 radical (unpaired) electrons. The van der Waals surface area contributed by atoms with Crippen LogP contribution in [0.4, 0.5) is 4.79 Å². The Kier molecular flexibility index (Phi) is 3.39. The van der Waals surface area contributed by atoms with Crippen LogP contribution in [0.15, 0.2) is 30.3 Å². The second kappa shape index (κ2) is 5.12. The number of hydrogen-bond acceptors (Lipinski definition) is 4. The fourth-order valence-corrected chi connectivity index (χ4v) is 3.19. The van der Waals surface area contributed by atoms with E-state index in [0.717, 1.165) is 10.5 Å². The quantitative estimate of drug-likeness (QED) is 0.679. The minimum atomic E-state index is -1.11. The van der Waals surface area contributed by atoms with Crippen molar-refractivity contribution in [3.63, 3.8) is 0 Å². The summed E-state index contributed by atoms with van der Waals surface area (Å²) < 4.78 is 5.08. The second-order valence-electron chi connectivity index (χ2n) is 5.73. The Labute approximate surface area is 128 Å². The van der Waals surface area contributed by atoms with Gasteiger partial charge in [0.1, 0.15) is 17.7 Å². The Morgan fingerprint density at radius 2 is 1.95 bits per heavy atom. The molecule has 3 amide bonds. The number of carbonyl (C=O) groups excluding carboxylic acids is 3. The molecule has 0 saturated carbocycles. The van der Waals surface area contributed by atoms with E-state index in [0.29, 0.717) is 12.8 Å². The molecule has 2 aliphatic heterocycles. The lowest BCUT2D eigenvalue weighted by molar-refractivity contribution is -0.148. The summed E-state index contributed by atoms with van der Waals surface area (Å²) >= 11 is 0. The van der Waals surface area contributed by atoms with Crippen molar-refractivity contribution in [1.29, 1.82) is 0 Å². The summed E-state index contributed by atoms with van der Waals surface area (Å²) in [6.07, 6.45) is 0.466. The number of nitrogens with one attached hydrogen (secondary N) is 1. The van der Waals surface area contributed by atoms with Crippen molar-refractivity contribution >= 4 is 17.9 Å². The van der Waals surface area contributed by atoms with Gasteiger partial charge in [0.25, 0.3) is 5.91 Å². The first-order valence-electron chi connectivity index (χ1n) is 7.41. The predicted octanol–water partition coefficient (Wildman–Crippen LogP) is 1.55. The van der Waals surface area contributed by atoms with E-state index >= 15 is 0 Å². The molecule has 0 aromatic heterocycles. The number of nitrogens with zero attached hydrogens (tertiary/aromatic N) is 1. The number of hydrogen-bond donors (Lipinski definition) is 1. The lowest BCUT2D eigenvalue weighted by Gasteiger charge is -2.26. The van der Waals surface area contributed by atoms with Gasteiger partial charge in [0.2, 0.25) is 0 Å². The highest BCUT2D eigenvalue weighted by molar-refractivity contribution is 6.10. The van der Waals surface area contributed by atoms with Crippen LogP contribution in [0.25, 0.3) is 0 Å². The molecular formula is C16H18N2O4. The van der Waals surface area contributed by atoms with Crippen molar-refractivity contribution in [2.75, 3.05) is 0 Å². The number of amides is 3. The Morgan fingerprint density at radius 1 is 1.27 bits per heavy atom. The molecule has 3 unspecified atom stereocenters. The van der Waals surface area contributed by atoms with Crippen LogP contribution in [0, 0.1) is 0 Å². The summed E-state index contributed by atoms with van der Waals surface area (Å²) in [5.41, 5.74) is -0.387. The molecule has 3 rings (SSSR count). The van der Waals surface area contributed by atoms with Crippen LogP contribution in [-0.2, 0) is 19.9 Å². The highest BCUT2D eigenvalue weighted by Crippen LogP contribution is 2.35. The van der Waals surface area contributed by atoms with Crippen molar-refractivity contribution in [2.45, 2.75) is 44.4 Å². The average Bonchev–Trinajstić information content (AvgIpc) is 2.96. The van der Waals surface area contributed by atoms with Gasteiger partial charge >= 0.3 is 12.0 Å². The zero-order valence-corrected chi connectivity index (χ0v) is 12.5. The van der Waals surface area contributed by atoms with E-state index in [2.05, 4.69) is 5.32 Å². The third-order valence-corrected chi connectivity index (χ3v) is 4.38. The Bertz CT molecular complexity index is 630. The number of ether oxygens (including phenoxy) is 1. The SMILES string of the molecule is CCC1(c2ccccc2)NC(=O)N(C2CC(C)OC2=O)C1=O. The summed E-state index contributed by atoms with van der Waals surface area (Å²) in [6, 6.07) is 7.73. The normalized spacial score (nSPS) is 31.4. The summed E-state index contributed by atoms with van der Waals surface area (Å²) in [5, 5.41) is 2.78. The summed E-state index contributed by atoms with van der Waals surface area (Å²) in [6.45, 7) is 3.59. The highest BCUT2D eigenvalue weighted by Gasteiger charge is 2.56. The Morgan fingerprint density at radius 3 is 2.50 bits per heavy atom. The number of imide groups is 1. The highest BCUT2D eigenvalue weighted by atomic mass is 16.6. The maximum Gasteiger partial charge on any atom is 0.329 e. The molecule has 116 valence electrons. The lowest BCUT2D eigenvalue weighted by Crippen LogP contribution is -2.46. The molecule has 1 aromatic carbocycles. The topological polar surface area (TPSA) is 75.7 Å². The van der Waals surface area contributed by atoms with Gasteiger partial charge in [0, 0.05) is 6.42 Å². The summed E-state index contributed by atoms with van der Waals surface area (Å²) in [4.78, 5) is 38.2. The number of benzene rings is 1. The Balaban J connectivity index is 1.98. The van der Waals surface area contributed by atoms with Crippen molar-refractivity contribution in [3.05, 3.63) is 35.9 Å². The Hall–Kier alpha value is -2.37. The molecule has 0 spiro atoms. The van der Waals surface area contributed by atoms with Crippen LogP contribution in [0.1, 0.15) is 32.3 Å². The molecule has 1 aromatic rings. The van der Waals surface area contributed by atoms with E-state index in [9.17, 15) is 14.4 Å². The van der Waals surface area contributed by atoms with Crippen molar-refractivity contribution in [3.8, 4) is 0 Å². The van der Waals surface area contributed by atoms with Gasteiger partial charge < -0.3 is 10.1 Å². The molecule has 2 fully saturated rings. The van der Waals surface area contributed by atoms with Crippen LogP contribution >= 0.6 is 0 Å². The van der Waals surface area contributed by atoms with Crippen LogP contribution in [0.5, 0.6) is 0 Å². The first-order chi connectivity index (χ1) is 10.5. The first kappa shape index (κ1) is 14.6. The largest absolute Gasteiger partial charge is 0.461 e. The zero-order valence-electron chi connectivity index (χ0n) is 12.5. The maximum absolute atomic E-state index is 12.9. The van der Waals surface area contributed by atoms with E-state index in [1.165, 1.54) is 0 Å². The summed E-state index contributed by atoms with van der Waals surface area (Å²) in [7, 11) is 0. The molecule has 6 nitrogen and oxygen atoms in total. The molecule has 0 aliphatic carbocycles. The fraction of sp³-hybridized carbons (Fsp3) is 0.438. The van der Waals surface area contributed by atoms with E-state index < -0.39 is 23.6 Å². The zero-order chi connectivity index (χ0) is 15.9. The standard InChI is InChI=1S/C16H18N2O4/c1-3-16(11-7-5-4-6-8-11)14(20)18(15(21)17-16)12-9-10(2)22-13(12)19/h4-8,10,12H,3,9H2,1-2H3,(H,17,21). The predicted molar refractivity (Wildman–Crippen MR) is 77.7 cm³/mol. The molecule has 2 aliphatic rings. The number of rotatable bonds is 3. The van der Waals surface area contributed by atoms with Gasteiger partial charge in [0.15, 0.2) is 0 Å². The number of urea groups is 1. The number of esters is 1. The lowest BCUT2D eigenvalue weighted by atomic mass is 9.87. The smallest absolute Gasteiger partial charge is 0.329 e. The minimum absolute atomic E-state index is 0.286. The van der Waals surface area contributed by atoms with E-state index in [1.807, 2.05) is 25.1 Å². The third kappa shape index (κ3) is 1.98. The molecule has 0 bridgehead atoms. The number of cyclic esters (lactones) is 1. The van der Waals surface area contributed by atoms with Crippen LogP contribution in [-0.4, -0.2) is 35.0 Å². The third-order valence-electron chi connectivity index (χ3n) is 4.38. The van der Waals surface area contributed by atoms with Gasteiger partial charge in [0.05, 0.1) is 0 Å². The van der Waals surface area contributed by atoms with Crippen molar-refractivity contribution < 1.29 is 19.1 Å². The summed E-state index contributed by atoms with van der Waals surface area (Å²) in [5.74, 6) is -0.904. The molecule has 3 atom stereocenters.